The van der Waals surface area contributed by atoms with Crippen LogP contribution in [0.2, 0.25) is 0 Å². The predicted octanol–water partition coefficient (Wildman–Crippen LogP) is 4.15. The molecule has 2 aliphatic carbocycles. The average molecular weight is 347 g/mol. The van der Waals surface area contributed by atoms with Crippen molar-refractivity contribution in [2.24, 2.45) is 23.7 Å². The molecule has 2 bridgehead atoms. The van der Waals surface area contributed by atoms with Gasteiger partial charge in [0.25, 0.3) is 0 Å². The summed E-state index contributed by atoms with van der Waals surface area (Å²) >= 11 is 1.59. The molecule has 3 nitrogen and oxygen atoms in total. The quantitative estimate of drug-likeness (QED) is 0.618. The van der Waals surface area contributed by atoms with Crippen LogP contribution in [-0.2, 0) is 9.59 Å². The minimum atomic E-state index is -0.155. The second-order valence-electron chi connectivity index (χ2n) is 6.89. The molecule has 1 saturated heterocycles. The van der Waals surface area contributed by atoms with Crippen LogP contribution >= 0.6 is 11.8 Å². The lowest BCUT2D eigenvalue weighted by Crippen LogP contribution is -2.33. The lowest BCUT2D eigenvalue weighted by molar-refractivity contribution is -0.123. The van der Waals surface area contributed by atoms with Gasteiger partial charge < -0.3 is 0 Å². The number of carbonyl (C=O) groups excluding carboxylic acids is 2. The molecule has 25 heavy (non-hydrogen) atoms. The number of hydrogen-bond donors (Lipinski definition) is 0. The molecule has 1 saturated carbocycles. The number of hydrogen-bond acceptors (Lipinski definition) is 3. The van der Waals surface area contributed by atoms with Crippen molar-refractivity contribution in [1.82, 2.24) is 0 Å². The first kappa shape index (κ1) is 15.0. The van der Waals surface area contributed by atoms with E-state index in [0.29, 0.717) is 0 Å². The summed E-state index contributed by atoms with van der Waals surface area (Å²) in [5.41, 5.74) is 0.722. The molecule has 0 spiro atoms. The lowest BCUT2D eigenvalue weighted by atomic mass is 9.85. The van der Waals surface area contributed by atoms with Crippen molar-refractivity contribution < 1.29 is 9.59 Å². The number of nitrogens with zero attached hydrogens (tertiary/aromatic N) is 1. The first-order chi connectivity index (χ1) is 12.2. The Balaban J connectivity index is 1.52. The van der Waals surface area contributed by atoms with E-state index in [9.17, 15) is 9.59 Å². The molecule has 0 radical (unpaired) electrons. The molecule has 2 amide bonds. The summed E-state index contributed by atoms with van der Waals surface area (Å²) in [4.78, 5) is 29.6. The van der Waals surface area contributed by atoms with Gasteiger partial charge in [-0.1, -0.05) is 54.2 Å². The van der Waals surface area contributed by atoms with Crippen LogP contribution in [0.4, 0.5) is 5.69 Å². The average Bonchev–Trinajstić information content (AvgIpc) is 3.31. The third kappa shape index (κ3) is 2.20. The summed E-state index contributed by atoms with van der Waals surface area (Å²) in [7, 11) is 0. The standard InChI is InChI=1S/C21H17NO2S/c23-20-18-13-10-11-14(12-13)19(18)21(24)22(20)16-8-4-5-9-17(16)25-15-6-2-1-3-7-15/h1-11,13-14,18-19H,12H2. The van der Waals surface area contributed by atoms with E-state index < -0.39 is 0 Å². The van der Waals surface area contributed by atoms with Crippen LogP contribution in [0, 0.1) is 23.7 Å². The maximum atomic E-state index is 13.1. The highest BCUT2D eigenvalue weighted by Crippen LogP contribution is 2.54. The van der Waals surface area contributed by atoms with E-state index in [1.165, 1.54) is 4.90 Å². The van der Waals surface area contributed by atoms with E-state index >= 15 is 0 Å². The van der Waals surface area contributed by atoms with E-state index in [0.717, 1.165) is 21.9 Å². The van der Waals surface area contributed by atoms with E-state index in [1.54, 1.807) is 11.8 Å². The molecule has 124 valence electrons. The fourth-order valence-electron chi connectivity index (χ4n) is 4.48. The van der Waals surface area contributed by atoms with E-state index in [1.807, 2.05) is 54.6 Å². The Morgan fingerprint density at radius 2 is 1.40 bits per heavy atom. The van der Waals surface area contributed by atoms with Gasteiger partial charge in [0, 0.05) is 9.79 Å². The molecule has 5 rings (SSSR count). The van der Waals surface area contributed by atoms with Crippen molar-refractivity contribution >= 4 is 29.3 Å². The topological polar surface area (TPSA) is 37.4 Å². The van der Waals surface area contributed by atoms with Gasteiger partial charge in [0.15, 0.2) is 0 Å². The Morgan fingerprint density at radius 3 is 2.08 bits per heavy atom. The van der Waals surface area contributed by atoms with E-state index in [4.69, 9.17) is 0 Å². The van der Waals surface area contributed by atoms with Gasteiger partial charge in [-0.2, -0.15) is 0 Å². The van der Waals surface area contributed by atoms with Gasteiger partial charge in [0.2, 0.25) is 11.8 Å². The zero-order valence-electron chi connectivity index (χ0n) is 13.5. The summed E-state index contributed by atoms with van der Waals surface area (Å²) in [5.74, 6) is 0.131. The monoisotopic (exact) mass is 347 g/mol. The SMILES string of the molecule is O=C1C2C3C=CC(C3)C2C(=O)N1c1ccccc1Sc1ccccc1. The number of rotatable bonds is 3. The van der Waals surface area contributed by atoms with Crippen LogP contribution in [0.3, 0.4) is 0 Å². The van der Waals surface area contributed by atoms with Crippen LogP contribution in [0.25, 0.3) is 0 Å². The first-order valence-corrected chi connectivity index (χ1v) is 9.44. The maximum absolute atomic E-state index is 13.1. The minimum absolute atomic E-state index is 0.0204. The molecule has 1 aliphatic heterocycles. The number of allylic oxidation sites excluding steroid dienone is 2. The van der Waals surface area contributed by atoms with Crippen molar-refractivity contribution in [3.8, 4) is 0 Å². The van der Waals surface area contributed by atoms with Crippen molar-refractivity contribution in [1.29, 1.82) is 0 Å². The van der Waals surface area contributed by atoms with Crippen molar-refractivity contribution in [3.63, 3.8) is 0 Å². The lowest BCUT2D eigenvalue weighted by Gasteiger charge is -2.20. The molecule has 4 unspecified atom stereocenters. The fourth-order valence-corrected chi connectivity index (χ4v) is 5.44. The van der Waals surface area contributed by atoms with E-state index in [2.05, 4.69) is 12.2 Å². The Bertz CT molecular complexity index is 862. The van der Waals surface area contributed by atoms with Crippen LogP contribution in [-0.4, -0.2) is 11.8 Å². The van der Waals surface area contributed by atoms with Gasteiger partial charge in [-0.25, -0.2) is 4.90 Å². The molecule has 1 heterocycles. The summed E-state index contributed by atoms with van der Waals surface area (Å²) < 4.78 is 0. The first-order valence-electron chi connectivity index (χ1n) is 8.62. The largest absolute Gasteiger partial charge is 0.274 e. The normalized spacial score (nSPS) is 29.5. The number of carbonyl (C=O) groups is 2. The Labute approximate surface area is 150 Å². The minimum Gasteiger partial charge on any atom is -0.274 e. The number of fused-ring (bicyclic) bond motifs is 5. The highest BCUT2D eigenvalue weighted by molar-refractivity contribution is 7.99. The van der Waals surface area contributed by atoms with Crippen LogP contribution in [0.1, 0.15) is 6.42 Å². The van der Waals surface area contributed by atoms with E-state index in [-0.39, 0.29) is 35.5 Å². The Morgan fingerprint density at radius 1 is 0.800 bits per heavy atom. The highest BCUT2D eigenvalue weighted by Gasteiger charge is 2.59. The number of para-hydroxylation sites is 1. The molecular formula is C21H17NO2S. The smallest absolute Gasteiger partial charge is 0.238 e. The molecule has 2 aromatic rings. The van der Waals surface area contributed by atoms with Gasteiger partial charge >= 0.3 is 0 Å². The van der Waals surface area contributed by atoms with Gasteiger partial charge in [0.05, 0.1) is 17.5 Å². The number of benzene rings is 2. The second kappa shape index (κ2) is 5.60. The van der Waals surface area contributed by atoms with Gasteiger partial charge in [0.1, 0.15) is 0 Å². The molecule has 0 N–H and O–H groups in total. The van der Waals surface area contributed by atoms with Crippen LogP contribution in [0.15, 0.2) is 76.5 Å². The summed E-state index contributed by atoms with van der Waals surface area (Å²) in [6, 6.07) is 17.7. The molecule has 2 aromatic carbocycles. The van der Waals surface area contributed by atoms with Gasteiger partial charge in [-0.3, -0.25) is 9.59 Å². The highest BCUT2D eigenvalue weighted by atomic mass is 32.2. The van der Waals surface area contributed by atoms with Crippen LogP contribution < -0.4 is 4.90 Å². The molecule has 0 aromatic heterocycles. The number of imide groups is 1. The summed E-state index contributed by atoms with van der Waals surface area (Å²) in [6.45, 7) is 0. The van der Waals surface area contributed by atoms with Crippen molar-refractivity contribution in [2.45, 2.75) is 16.2 Å². The third-order valence-electron chi connectivity index (χ3n) is 5.55. The number of amides is 2. The maximum Gasteiger partial charge on any atom is 0.238 e. The van der Waals surface area contributed by atoms with Gasteiger partial charge in [-0.05, 0) is 42.5 Å². The van der Waals surface area contributed by atoms with Crippen molar-refractivity contribution in [2.75, 3.05) is 4.90 Å². The zero-order valence-corrected chi connectivity index (χ0v) is 14.4. The fraction of sp³-hybridized carbons (Fsp3) is 0.238. The summed E-state index contributed by atoms with van der Waals surface area (Å²) in [6.07, 6.45) is 5.22. The molecular weight excluding hydrogens is 330 g/mol. The van der Waals surface area contributed by atoms with Crippen molar-refractivity contribution in [3.05, 3.63) is 66.7 Å². The molecule has 3 aliphatic rings. The van der Waals surface area contributed by atoms with Crippen LogP contribution in [0.5, 0.6) is 0 Å². The zero-order chi connectivity index (χ0) is 17.0. The summed E-state index contributed by atoms with van der Waals surface area (Å²) in [5, 5.41) is 0. The predicted molar refractivity (Wildman–Crippen MR) is 97.2 cm³/mol. The molecule has 2 fully saturated rings. The Kier molecular flexibility index (Phi) is 3.35. The Hall–Kier alpha value is -2.33. The second-order valence-corrected chi connectivity index (χ2v) is 8.01. The van der Waals surface area contributed by atoms with Gasteiger partial charge in [-0.15, -0.1) is 0 Å². The number of anilines is 1. The third-order valence-corrected chi connectivity index (χ3v) is 6.62. The molecule has 4 atom stereocenters. The molecule has 4 heteroatoms.